The van der Waals surface area contributed by atoms with E-state index in [-0.39, 0.29) is 25.0 Å². The van der Waals surface area contributed by atoms with Crippen molar-refractivity contribution in [1.29, 1.82) is 0 Å². The molecule has 0 atom stereocenters. The van der Waals surface area contributed by atoms with Crippen molar-refractivity contribution in [3.05, 3.63) is 71.8 Å². The van der Waals surface area contributed by atoms with E-state index in [0.717, 1.165) is 29.8 Å². The SMILES string of the molecule is O=C(/C=C/c1ccc(N2CCCC2=O)cc1)N(CCO)Cc1ccccc1. The van der Waals surface area contributed by atoms with Gasteiger partial charge >= 0.3 is 0 Å². The van der Waals surface area contributed by atoms with Gasteiger partial charge in [-0.3, -0.25) is 9.59 Å². The van der Waals surface area contributed by atoms with E-state index >= 15 is 0 Å². The lowest BCUT2D eigenvalue weighted by atomic mass is 10.1. The van der Waals surface area contributed by atoms with Crippen molar-refractivity contribution in [2.24, 2.45) is 0 Å². The van der Waals surface area contributed by atoms with E-state index in [1.807, 2.05) is 54.6 Å². The Morgan fingerprint density at radius 2 is 1.85 bits per heavy atom. The maximum Gasteiger partial charge on any atom is 0.246 e. The van der Waals surface area contributed by atoms with Crippen molar-refractivity contribution in [2.45, 2.75) is 19.4 Å². The number of aliphatic hydroxyl groups excluding tert-OH is 1. The number of nitrogens with zero attached hydrogens (tertiary/aromatic N) is 2. The Labute approximate surface area is 159 Å². The lowest BCUT2D eigenvalue weighted by molar-refractivity contribution is -0.127. The first-order chi connectivity index (χ1) is 13.2. The molecule has 1 saturated heterocycles. The molecule has 0 spiro atoms. The van der Waals surface area contributed by atoms with Crippen molar-refractivity contribution in [2.75, 3.05) is 24.6 Å². The molecule has 27 heavy (non-hydrogen) atoms. The molecule has 2 amide bonds. The molecule has 1 N–H and O–H groups in total. The number of hydrogen-bond acceptors (Lipinski definition) is 3. The fourth-order valence-corrected chi connectivity index (χ4v) is 3.15. The number of carbonyl (C=O) groups excluding carboxylic acids is 2. The van der Waals surface area contributed by atoms with Gasteiger partial charge in [-0.15, -0.1) is 0 Å². The van der Waals surface area contributed by atoms with Gasteiger partial charge in [0.05, 0.1) is 6.61 Å². The Morgan fingerprint density at radius 3 is 2.48 bits per heavy atom. The van der Waals surface area contributed by atoms with E-state index in [1.165, 1.54) is 6.08 Å². The number of rotatable bonds is 7. The van der Waals surface area contributed by atoms with Crippen LogP contribution in [0.2, 0.25) is 0 Å². The summed E-state index contributed by atoms with van der Waals surface area (Å²) in [5, 5.41) is 9.25. The van der Waals surface area contributed by atoms with Crippen LogP contribution < -0.4 is 4.90 Å². The summed E-state index contributed by atoms with van der Waals surface area (Å²) in [6.45, 7) is 1.43. The van der Waals surface area contributed by atoms with Crippen molar-refractivity contribution < 1.29 is 14.7 Å². The van der Waals surface area contributed by atoms with Crippen LogP contribution in [-0.4, -0.2) is 41.5 Å². The first-order valence-corrected chi connectivity index (χ1v) is 9.19. The Morgan fingerprint density at radius 1 is 1.11 bits per heavy atom. The quantitative estimate of drug-likeness (QED) is 0.769. The van der Waals surface area contributed by atoms with Crippen LogP contribution in [0, 0.1) is 0 Å². The van der Waals surface area contributed by atoms with Gasteiger partial charge in [-0.05, 0) is 35.8 Å². The van der Waals surface area contributed by atoms with Gasteiger partial charge in [0.2, 0.25) is 11.8 Å². The predicted octanol–water partition coefficient (Wildman–Crippen LogP) is 2.85. The molecule has 0 aromatic heterocycles. The monoisotopic (exact) mass is 364 g/mol. The van der Waals surface area contributed by atoms with Gasteiger partial charge < -0.3 is 14.9 Å². The summed E-state index contributed by atoms with van der Waals surface area (Å²) in [4.78, 5) is 27.7. The fourth-order valence-electron chi connectivity index (χ4n) is 3.15. The van der Waals surface area contributed by atoms with Crippen LogP contribution in [0.4, 0.5) is 5.69 Å². The van der Waals surface area contributed by atoms with Gasteiger partial charge in [-0.2, -0.15) is 0 Å². The minimum absolute atomic E-state index is 0.0784. The van der Waals surface area contributed by atoms with Gasteiger partial charge in [0, 0.05) is 37.8 Å². The van der Waals surface area contributed by atoms with E-state index in [4.69, 9.17) is 0 Å². The van der Waals surface area contributed by atoms with E-state index in [1.54, 1.807) is 15.9 Å². The molecule has 0 bridgehead atoms. The molecule has 1 aliphatic rings. The number of aliphatic hydroxyl groups is 1. The minimum Gasteiger partial charge on any atom is -0.395 e. The summed E-state index contributed by atoms with van der Waals surface area (Å²) in [7, 11) is 0. The molecule has 140 valence electrons. The van der Waals surface area contributed by atoms with Crippen molar-refractivity contribution >= 4 is 23.6 Å². The van der Waals surface area contributed by atoms with E-state index < -0.39 is 0 Å². The molecule has 1 fully saturated rings. The molecule has 5 heteroatoms. The zero-order valence-electron chi connectivity index (χ0n) is 15.3. The van der Waals surface area contributed by atoms with Crippen molar-refractivity contribution in [1.82, 2.24) is 4.90 Å². The van der Waals surface area contributed by atoms with Gasteiger partial charge in [0.25, 0.3) is 0 Å². The third-order valence-corrected chi connectivity index (χ3v) is 4.59. The molecule has 2 aromatic rings. The summed E-state index contributed by atoms with van der Waals surface area (Å²) in [5.41, 5.74) is 2.81. The summed E-state index contributed by atoms with van der Waals surface area (Å²) in [6, 6.07) is 17.3. The highest BCUT2D eigenvalue weighted by Gasteiger charge is 2.21. The number of amides is 2. The van der Waals surface area contributed by atoms with Gasteiger partial charge in [-0.1, -0.05) is 42.5 Å². The molecule has 2 aromatic carbocycles. The second kappa shape index (κ2) is 9.14. The summed E-state index contributed by atoms with van der Waals surface area (Å²) in [6.07, 6.45) is 4.79. The van der Waals surface area contributed by atoms with Crippen LogP contribution in [0.15, 0.2) is 60.7 Å². The summed E-state index contributed by atoms with van der Waals surface area (Å²) >= 11 is 0. The summed E-state index contributed by atoms with van der Waals surface area (Å²) in [5.74, 6) is 0.0146. The molecule has 0 radical (unpaired) electrons. The highest BCUT2D eigenvalue weighted by atomic mass is 16.3. The van der Waals surface area contributed by atoms with E-state index in [9.17, 15) is 14.7 Å². The number of benzene rings is 2. The van der Waals surface area contributed by atoms with Crippen molar-refractivity contribution in [3.8, 4) is 0 Å². The topological polar surface area (TPSA) is 60.9 Å². The fraction of sp³-hybridized carbons (Fsp3) is 0.273. The Balaban J connectivity index is 1.64. The number of anilines is 1. The molecule has 3 rings (SSSR count). The van der Waals surface area contributed by atoms with Crippen LogP contribution >= 0.6 is 0 Å². The average molecular weight is 364 g/mol. The minimum atomic E-state index is -0.147. The molecule has 0 unspecified atom stereocenters. The van der Waals surface area contributed by atoms with Crippen LogP contribution in [0.3, 0.4) is 0 Å². The zero-order chi connectivity index (χ0) is 19.1. The zero-order valence-corrected chi connectivity index (χ0v) is 15.3. The second-order valence-corrected chi connectivity index (χ2v) is 6.54. The van der Waals surface area contributed by atoms with Crippen LogP contribution in [0.1, 0.15) is 24.0 Å². The number of hydrogen-bond donors (Lipinski definition) is 1. The highest BCUT2D eigenvalue weighted by Crippen LogP contribution is 2.22. The van der Waals surface area contributed by atoms with Crippen LogP contribution in [0.25, 0.3) is 6.08 Å². The first-order valence-electron chi connectivity index (χ1n) is 9.19. The lowest BCUT2D eigenvalue weighted by Crippen LogP contribution is -2.31. The van der Waals surface area contributed by atoms with E-state index in [0.29, 0.717) is 13.0 Å². The Kier molecular flexibility index (Phi) is 6.39. The Hall–Kier alpha value is -2.92. The van der Waals surface area contributed by atoms with Crippen LogP contribution in [0.5, 0.6) is 0 Å². The number of carbonyl (C=O) groups is 2. The van der Waals surface area contributed by atoms with Crippen molar-refractivity contribution in [3.63, 3.8) is 0 Å². The highest BCUT2D eigenvalue weighted by molar-refractivity contribution is 5.95. The standard InChI is InChI=1S/C22H24N2O3/c25-16-15-23(17-19-5-2-1-3-6-19)21(26)13-10-18-8-11-20(12-9-18)24-14-4-7-22(24)27/h1-3,5-6,8-13,25H,4,7,14-17H2/b13-10+. The Bertz CT molecular complexity index is 800. The maximum absolute atomic E-state index is 12.5. The lowest BCUT2D eigenvalue weighted by Gasteiger charge is -2.20. The third-order valence-electron chi connectivity index (χ3n) is 4.59. The normalized spacial score (nSPS) is 14.1. The molecule has 0 aliphatic carbocycles. The second-order valence-electron chi connectivity index (χ2n) is 6.54. The van der Waals surface area contributed by atoms with Gasteiger partial charge in [0.1, 0.15) is 0 Å². The molecular formula is C22H24N2O3. The predicted molar refractivity (Wildman–Crippen MR) is 106 cm³/mol. The third kappa shape index (κ3) is 5.05. The summed E-state index contributed by atoms with van der Waals surface area (Å²) < 4.78 is 0. The largest absolute Gasteiger partial charge is 0.395 e. The molecule has 5 nitrogen and oxygen atoms in total. The first kappa shape index (κ1) is 18.9. The smallest absolute Gasteiger partial charge is 0.246 e. The molecule has 0 saturated carbocycles. The van der Waals surface area contributed by atoms with Crippen LogP contribution in [-0.2, 0) is 16.1 Å². The van der Waals surface area contributed by atoms with Gasteiger partial charge in [0.15, 0.2) is 0 Å². The average Bonchev–Trinajstić information content (AvgIpc) is 3.13. The molecule has 1 heterocycles. The van der Waals surface area contributed by atoms with Gasteiger partial charge in [-0.25, -0.2) is 0 Å². The van der Waals surface area contributed by atoms with E-state index in [2.05, 4.69) is 0 Å². The molecule has 1 aliphatic heterocycles. The maximum atomic E-state index is 12.5. The molecular weight excluding hydrogens is 340 g/mol.